The predicted octanol–water partition coefficient (Wildman–Crippen LogP) is 12.6. The van der Waals surface area contributed by atoms with Crippen molar-refractivity contribution >= 4 is 54.2 Å². The molecule has 3 aromatic heterocycles. The van der Waals surface area contributed by atoms with Crippen LogP contribution in [0.2, 0.25) is 0 Å². The van der Waals surface area contributed by atoms with Gasteiger partial charge in [-0.05, 0) is 173 Å². The molecule has 434 valence electrons. The van der Waals surface area contributed by atoms with E-state index in [1.807, 2.05) is 97.3 Å². The van der Waals surface area contributed by atoms with E-state index in [1.165, 1.54) is 11.1 Å². The minimum atomic E-state index is -3.82. The van der Waals surface area contributed by atoms with Gasteiger partial charge >= 0.3 is 0 Å². The Morgan fingerprint density at radius 2 is 0.988 bits per heavy atom. The van der Waals surface area contributed by atoms with Gasteiger partial charge in [0.15, 0.2) is 0 Å². The Bertz CT molecular complexity index is 3960. The van der Waals surface area contributed by atoms with E-state index >= 15 is 0 Å². The minimum absolute atomic E-state index is 0.0409. The summed E-state index contributed by atoms with van der Waals surface area (Å²) >= 11 is 0. The highest BCUT2D eigenvalue weighted by Crippen LogP contribution is 2.44. The van der Waals surface area contributed by atoms with Gasteiger partial charge in [0.2, 0.25) is 11.9 Å². The number of unbranched alkanes of at least 4 members (excludes halogenated alkanes) is 2. The minimum Gasteiger partial charge on any atom is -0.354 e. The zero-order valence-electron chi connectivity index (χ0n) is 49.0. The van der Waals surface area contributed by atoms with Crippen LogP contribution in [0.4, 0.5) is 23.3 Å². The Balaban J connectivity index is 0.000000187. The summed E-state index contributed by atoms with van der Waals surface area (Å²) in [4.78, 5) is 28.1. The maximum absolute atomic E-state index is 13.3. The summed E-state index contributed by atoms with van der Waals surface area (Å²) in [6.45, 7) is 10.1. The van der Waals surface area contributed by atoms with Crippen LogP contribution in [0.15, 0.2) is 180 Å². The Morgan fingerprint density at radius 1 is 0.512 bits per heavy atom. The number of hydrogen-bond acceptors (Lipinski definition) is 13. The molecule has 11 rings (SSSR count). The molecule has 3 heterocycles. The Kier molecular flexibility index (Phi) is 18.2. The molecule has 17 heteroatoms. The molecule has 2 unspecified atom stereocenters. The van der Waals surface area contributed by atoms with Crippen molar-refractivity contribution in [1.29, 1.82) is 0 Å². The van der Waals surface area contributed by atoms with Gasteiger partial charge in [0.05, 0.1) is 21.8 Å². The number of fused-ring (bicyclic) bond motifs is 7. The monoisotopic (exact) mass is 1160 g/mol. The molecule has 0 radical (unpaired) electrons. The summed E-state index contributed by atoms with van der Waals surface area (Å²) in [5.74, 6) is 1.55. The van der Waals surface area contributed by atoms with Crippen LogP contribution in [0.25, 0.3) is 33.4 Å². The Morgan fingerprint density at radius 3 is 1.48 bits per heavy atom. The van der Waals surface area contributed by atoms with Crippen LogP contribution >= 0.6 is 0 Å². The topological polar surface area (TPSA) is 187 Å². The molecule has 2 aliphatic carbocycles. The van der Waals surface area contributed by atoms with E-state index in [0.717, 1.165) is 120 Å². The quantitative estimate of drug-likeness (QED) is 0.0529. The molecule has 84 heavy (non-hydrogen) atoms. The highest BCUT2D eigenvalue weighted by Gasteiger charge is 2.30. The number of sulfonamides is 2. The third kappa shape index (κ3) is 14.1. The third-order valence-electron chi connectivity index (χ3n) is 15.4. The van der Waals surface area contributed by atoms with Crippen LogP contribution in [0, 0.1) is 0 Å². The summed E-state index contributed by atoms with van der Waals surface area (Å²) in [5, 5.41) is 7.56. The number of nitrogens with one attached hydrogen (secondary N) is 4. The van der Waals surface area contributed by atoms with Gasteiger partial charge in [-0.2, -0.15) is 0 Å². The molecule has 0 fully saturated rings. The number of aromatic nitrogens is 5. The number of nitrogens with zero attached hydrogens (tertiary/aromatic N) is 7. The maximum Gasteiger partial charge on any atom is 0.264 e. The molecule has 0 amide bonds. The maximum atomic E-state index is 13.3. The fourth-order valence-electron chi connectivity index (χ4n) is 11.0. The van der Waals surface area contributed by atoms with Crippen LogP contribution in [0.5, 0.6) is 0 Å². The molecule has 0 saturated carbocycles. The SMILES string of the molecule is CN(C)CCCCNc1ncc2c(n1)-c1ccccc1C(c1ccc(NS(=O)(=O)c3ccc(C(C)(C)C)cc3)cc1)C2.CN(C)CCCCNc1ncc2c(n1)-c1ccccc1C(c1ccc(NS(=O)(=O)c3cccc4cccnc34)cc1)C2. The van der Waals surface area contributed by atoms with E-state index in [1.54, 1.807) is 36.5 Å². The van der Waals surface area contributed by atoms with Crippen molar-refractivity contribution in [3.63, 3.8) is 0 Å². The number of pyridine rings is 1. The smallest absolute Gasteiger partial charge is 0.264 e. The van der Waals surface area contributed by atoms with E-state index in [2.05, 4.69) is 130 Å². The van der Waals surface area contributed by atoms with Gasteiger partial charge < -0.3 is 20.4 Å². The zero-order valence-corrected chi connectivity index (χ0v) is 50.6. The lowest BCUT2D eigenvalue weighted by molar-refractivity contribution is 0.396. The highest BCUT2D eigenvalue weighted by molar-refractivity contribution is 7.93. The number of para-hydroxylation sites is 1. The molecule has 2 aliphatic rings. The largest absolute Gasteiger partial charge is 0.354 e. The van der Waals surface area contributed by atoms with Crippen molar-refractivity contribution in [2.75, 3.05) is 74.4 Å². The summed E-state index contributed by atoms with van der Waals surface area (Å²) in [6, 6.07) is 48.0. The molecule has 0 saturated heterocycles. The van der Waals surface area contributed by atoms with Crippen LogP contribution in [0.1, 0.15) is 97.2 Å². The number of anilines is 4. The van der Waals surface area contributed by atoms with Gasteiger partial charge in [0.25, 0.3) is 20.0 Å². The van der Waals surface area contributed by atoms with Crippen LogP contribution < -0.4 is 20.1 Å². The van der Waals surface area contributed by atoms with E-state index in [4.69, 9.17) is 9.97 Å². The fraction of sp³-hybridized carbons (Fsp3) is 0.299. The lowest BCUT2D eigenvalue weighted by atomic mass is 9.78. The Labute approximate surface area is 495 Å². The highest BCUT2D eigenvalue weighted by atomic mass is 32.2. The van der Waals surface area contributed by atoms with Crippen molar-refractivity contribution in [2.45, 2.75) is 86.3 Å². The average molecular weight is 1160 g/mol. The zero-order chi connectivity index (χ0) is 59.0. The molecule has 9 aromatic rings. The summed E-state index contributed by atoms with van der Waals surface area (Å²) in [7, 11) is 0.845. The van der Waals surface area contributed by atoms with Gasteiger partial charge in [0, 0.05) is 71.4 Å². The molecular formula is C67H75N11O4S2. The summed E-state index contributed by atoms with van der Waals surface area (Å²) < 4.78 is 58.2. The number of hydrogen-bond donors (Lipinski definition) is 4. The van der Waals surface area contributed by atoms with Gasteiger partial charge in [-0.1, -0.05) is 124 Å². The summed E-state index contributed by atoms with van der Waals surface area (Å²) in [5.41, 5.74) is 13.6. The van der Waals surface area contributed by atoms with Gasteiger partial charge in [0.1, 0.15) is 4.90 Å². The molecule has 0 aliphatic heterocycles. The number of rotatable bonds is 20. The molecule has 0 spiro atoms. The Hall–Kier alpha value is -8.09. The van der Waals surface area contributed by atoms with E-state index < -0.39 is 20.0 Å². The molecular weight excluding hydrogens is 1090 g/mol. The first-order valence-corrected chi connectivity index (χ1v) is 31.7. The van der Waals surface area contributed by atoms with E-state index in [-0.39, 0.29) is 27.0 Å². The first-order chi connectivity index (χ1) is 40.4. The van der Waals surface area contributed by atoms with Crippen molar-refractivity contribution in [1.82, 2.24) is 34.7 Å². The standard InChI is InChI=1S/C34H41N5O2S.C33H34N6O2S/c1-34(2,3)26-14-18-28(19-15-26)42(40,41)38-27-16-12-24(13-17-27)31-22-25-23-36-33(35-20-8-9-21-39(4)5)37-32(25)30-11-7-6-10-29(30)31;1-39(2)20-6-5-18-35-33-36-22-25-21-29(27-11-3-4-12-28(27)31(25)37-33)23-14-16-26(17-15-23)38-42(40,41)30-13-7-9-24-10-8-19-34-32(24)30/h6-7,10-19,23,31,38H,8-9,20-22H2,1-5H3,(H,35,36,37);3-4,7-17,19,22,29,38H,5-6,18,20-21H2,1-2H3,(H,35,36,37). The van der Waals surface area contributed by atoms with E-state index in [0.29, 0.717) is 28.8 Å². The van der Waals surface area contributed by atoms with Gasteiger partial charge in [-0.3, -0.25) is 14.4 Å². The van der Waals surface area contributed by atoms with Crippen LogP contribution in [0.3, 0.4) is 0 Å². The lowest BCUT2D eigenvalue weighted by Gasteiger charge is -2.27. The van der Waals surface area contributed by atoms with Crippen LogP contribution in [-0.4, -0.2) is 106 Å². The molecule has 0 bridgehead atoms. The second-order valence-corrected chi connectivity index (χ2v) is 26.6. The summed E-state index contributed by atoms with van der Waals surface area (Å²) in [6.07, 6.45) is 11.4. The first-order valence-electron chi connectivity index (χ1n) is 28.8. The average Bonchev–Trinajstić information content (AvgIpc) is 3.20. The van der Waals surface area contributed by atoms with Crippen molar-refractivity contribution in [2.24, 2.45) is 0 Å². The normalized spacial score (nSPS) is 14.6. The second-order valence-electron chi connectivity index (χ2n) is 23.3. The van der Waals surface area contributed by atoms with E-state index in [9.17, 15) is 16.8 Å². The van der Waals surface area contributed by atoms with Crippen molar-refractivity contribution < 1.29 is 16.8 Å². The molecule has 4 N–H and O–H groups in total. The first kappa shape index (κ1) is 59.1. The lowest BCUT2D eigenvalue weighted by Crippen LogP contribution is -2.17. The molecule has 15 nitrogen and oxygen atoms in total. The van der Waals surface area contributed by atoms with Gasteiger partial charge in [-0.25, -0.2) is 36.8 Å². The van der Waals surface area contributed by atoms with Crippen molar-refractivity contribution in [3.8, 4) is 22.5 Å². The van der Waals surface area contributed by atoms with Crippen molar-refractivity contribution in [3.05, 3.63) is 209 Å². The second kappa shape index (κ2) is 25.8. The van der Waals surface area contributed by atoms with Crippen LogP contribution in [-0.2, 0) is 38.3 Å². The third-order valence-corrected chi connectivity index (χ3v) is 18.2. The number of benzene rings is 6. The fourth-order valence-corrected chi connectivity index (χ4v) is 13.3. The molecule has 6 aromatic carbocycles. The molecule has 2 atom stereocenters. The predicted molar refractivity (Wildman–Crippen MR) is 340 cm³/mol. The van der Waals surface area contributed by atoms with Gasteiger partial charge in [-0.15, -0.1) is 0 Å².